The Labute approximate surface area is 91.3 Å². The van der Waals surface area contributed by atoms with Gasteiger partial charge in [-0.1, -0.05) is 27.7 Å². The second kappa shape index (κ2) is 3.38. The van der Waals surface area contributed by atoms with Gasteiger partial charge in [0.15, 0.2) is 0 Å². The molecule has 0 fully saturated rings. The molecule has 1 unspecified atom stereocenters. The minimum atomic E-state index is -0.347. The van der Waals surface area contributed by atoms with Crippen molar-refractivity contribution in [2.24, 2.45) is 5.41 Å². The predicted octanol–water partition coefficient (Wildman–Crippen LogP) is 3.41. The molecule has 15 heavy (non-hydrogen) atoms. The van der Waals surface area contributed by atoms with Crippen LogP contribution in [0.25, 0.3) is 0 Å². The average molecular weight is 208 g/mol. The summed E-state index contributed by atoms with van der Waals surface area (Å²) in [7, 11) is 0. The van der Waals surface area contributed by atoms with E-state index >= 15 is 0 Å². The summed E-state index contributed by atoms with van der Waals surface area (Å²) in [5.74, 6) is 2.38. The molecule has 1 atom stereocenters. The van der Waals surface area contributed by atoms with Gasteiger partial charge in [0.25, 0.3) is 0 Å². The van der Waals surface area contributed by atoms with E-state index in [0.717, 1.165) is 29.9 Å². The second-order valence-corrected chi connectivity index (χ2v) is 5.74. The Morgan fingerprint density at radius 1 is 1.47 bits per heavy atom. The van der Waals surface area contributed by atoms with Crippen molar-refractivity contribution in [1.29, 1.82) is 0 Å². The molecule has 1 N–H and O–H groups in total. The summed E-state index contributed by atoms with van der Waals surface area (Å²) in [4.78, 5) is 0. The van der Waals surface area contributed by atoms with Crippen molar-refractivity contribution in [3.63, 3.8) is 0 Å². The van der Waals surface area contributed by atoms with Crippen LogP contribution in [0.1, 0.15) is 63.2 Å². The fraction of sp³-hybridized carbons (Fsp3) is 0.692. The minimum absolute atomic E-state index is 0.151. The first-order chi connectivity index (χ1) is 6.89. The summed E-state index contributed by atoms with van der Waals surface area (Å²) < 4.78 is 5.81. The quantitative estimate of drug-likeness (QED) is 0.767. The first kappa shape index (κ1) is 10.7. The van der Waals surface area contributed by atoms with Crippen LogP contribution >= 0.6 is 0 Å². The highest BCUT2D eigenvalue weighted by atomic mass is 16.3. The Bertz CT molecular complexity index is 361. The van der Waals surface area contributed by atoms with Crippen molar-refractivity contribution in [3.8, 4) is 0 Å². The van der Waals surface area contributed by atoms with Crippen LogP contribution in [0, 0.1) is 5.41 Å². The molecule has 0 saturated heterocycles. The highest BCUT2D eigenvalue weighted by molar-refractivity contribution is 5.29. The van der Waals surface area contributed by atoms with Gasteiger partial charge in [-0.2, -0.15) is 0 Å². The van der Waals surface area contributed by atoms with Gasteiger partial charge in [0.1, 0.15) is 11.5 Å². The van der Waals surface area contributed by atoms with Gasteiger partial charge >= 0.3 is 0 Å². The lowest BCUT2D eigenvalue weighted by atomic mass is 9.76. The Morgan fingerprint density at radius 3 is 2.73 bits per heavy atom. The highest BCUT2D eigenvalue weighted by Crippen LogP contribution is 2.42. The maximum atomic E-state index is 10.0. The molecular formula is C13H20O2. The topological polar surface area (TPSA) is 33.4 Å². The zero-order valence-electron chi connectivity index (χ0n) is 10.0. The van der Waals surface area contributed by atoms with E-state index in [9.17, 15) is 5.11 Å². The van der Waals surface area contributed by atoms with Crippen LogP contribution in [0.15, 0.2) is 10.5 Å². The molecule has 0 bridgehead atoms. The summed E-state index contributed by atoms with van der Waals surface area (Å²) in [6, 6.07) is 2.03. The fourth-order valence-electron chi connectivity index (χ4n) is 2.31. The van der Waals surface area contributed by atoms with Gasteiger partial charge in [0.2, 0.25) is 0 Å². The van der Waals surface area contributed by atoms with E-state index < -0.39 is 0 Å². The number of fused-ring (bicyclic) bond motifs is 1. The van der Waals surface area contributed by atoms with Crippen LogP contribution < -0.4 is 0 Å². The van der Waals surface area contributed by atoms with Gasteiger partial charge in [-0.15, -0.1) is 0 Å². The highest BCUT2D eigenvalue weighted by Gasteiger charge is 2.34. The first-order valence-corrected chi connectivity index (χ1v) is 5.69. The number of furan rings is 1. The van der Waals surface area contributed by atoms with E-state index in [4.69, 9.17) is 4.42 Å². The smallest absolute Gasteiger partial charge is 0.110 e. The number of hydrogen-bond acceptors (Lipinski definition) is 2. The number of rotatable bonds is 1. The van der Waals surface area contributed by atoms with Crippen molar-refractivity contribution < 1.29 is 9.52 Å². The van der Waals surface area contributed by atoms with Crippen LogP contribution in [0.3, 0.4) is 0 Å². The summed E-state index contributed by atoms with van der Waals surface area (Å²) >= 11 is 0. The Balaban J connectivity index is 2.38. The molecule has 2 nitrogen and oxygen atoms in total. The third-order valence-electron chi connectivity index (χ3n) is 3.17. The van der Waals surface area contributed by atoms with Crippen LogP contribution in [0.2, 0.25) is 0 Å². The van der Waals surface area contributed by atoms with E-state index in [2.05, 4.69) is 27.7 Å². The van der Waals surface area contributed by atoms with Crippen LogP contribution in [-0.4, -0.2) is 5.11 Å². The van der Waals surface area contributed by atoms with E-state index in [1.54, 1.807) is 0 Å². The molecule has 0 amide bonds. The van der Waals surface area contributed by atoms with Crippen LogP contribution in [-0.2, 0) is 6.42 Å². The molecule has 1 aromatic rings. The maximum Gasteiger partial charge on any atom is 0.110 e. The maximum absolute atomic E-state index is 10.0. The Morgan fingerprint density at radius 2 is 2.13 bits per heavy atom. The van der Waals surface area contributed by atoms with Crippen LogP contribution in [0.4, 0.5) is 0 Å². The number of aliphatic hydroxyl groups is 1. The lowest BCUT2D eigenvalue weighted by Gasteiger charge is -2.31. The van der Waals surface area contributed by atoms with Gasteiger partial charge in [0, 0.05) is 17.9 Å². The van der Waals surface area contributed by atoms with Gasteiger partial charge in [0.05, 0.1) is 6.10 Å². The van der Waals surface area contributed by atoms with Crippen molar-refractivity contribution in [2.45, 2.75) is 52.6 Å². The van der Waals surface area contributed by atoms with Gasteiger partial charge in [-0.25, -0.2) is 0 Å². The van der Waals surface area contributed by atoms with Gasteiger partial charge < -0.3 is 9.52 Å². The van der Waals surface area contributed by atoms with E-state index in [-0.39, 0.29) is 11.5 Å². The van der Waals surface area contributed by atoms with Crippen molar-refractivity contribution in [3.05, 3.63) is 23.2 Å². The molecule has 1 aromatic heterocycles. The Hall–Kier alpha value is -0.760. The third-order valence-corrected chi connectivity index (χ3v) is 3.17. The van der Waals surface area contributed by atoms with E-state index in [1.165, 1.54) is 0 Å². The summed E-state index contributed by atoms with van der Waals surface area (Å²) in [6.07, 6.45) is 1.42. The number of hydrogen-bond donors (Lipinski definition) is 1. The van der Waals surface area contributed by atoms with Crippen molar-refractivity contribution in [2.75, 3.05) is 0 Å². The summed E-state index contributed by atoms with van der Waals surface area (Å²) in [5, 5.41) is 10.0. The molecule has 0 aliphatic heterocycles. The molecule has 84 valence electrons. The Kier molecular flexibility index (Phi) is 2.42. The minimum Gasteiger partial charge on any atom is -0.465 e. The predicted molar refractivity (Wildman–Crippen MR) is 59.9 cm³/mol. The molecule has 0 radical (unpaired) electrons. The van der Waals surface area contributed by atoms with Crippen molar-refractivity contribution >= 4 is 0 Å². The molecule has 0 aromatic carbocycles. The summed E-state index contributed by atoms with van der Waals surface area (Å²) in [6.45, 7) is 8.58. The molecule has 0 saturated carbocycles. The second-order valence-electron chi connectivity index (χ2n) is 5.74. The van der Waals surface area contributed by atoms with Crippen molar-refractivity contribution in [1.82, 2.24) is 0 Å². The average Bonchev–Trinajstić information content (AvgIpc) is 2.45. The third kappa shape index (κ3) is 1.96. The van der Waals surface area contributed by atoms with Gasteiger partial charge in [-0.3, -0.25) is 0 Å². The molecule has 1 aliphatic carbocycles. The molecule has 2 rings (SSSR count). The van der Waals surface area contributed by atoms with Crippen LogP contribution in [0.5, 0.6) is 0 Å². The standard InChI is InChI=1S/C13H20O2/c1-8(2)11-5-9-10(14)6-13(3,4)7-12(9)15-11/h5,8,10,14H,6-7H2,1-4H3. The normalized spacial score (nSPS) is 24.3. The molecule has 2 heteroatoms. The van der Waals surface area contributed by atoms with E-state index in [0.29, 0.717) is 5.92 Å². The monoisotopic (exact) mass is 208 g/mol. The largest absolute Gasteiger partial charge is 0.465 e. The number of aliphatic hydroxyl groups excluding tert-OH is 1. The van der Waals surface area contributed by atoms with Gasteiger partial charge in [-0.05, 0) is 17.9 Å². The van der Waals surface area contributed by atoms with E-state index in [1.807, 2.05) is 6.07 Å². The molecule has 1 aliphatic rings. The molecular weight excluding hydrogens is 188 g/mol. The zero-order valence-corrected chi connectivity index (χ0v) is 10.0. The lowest BCUT2D eigenvalue weighted by molar-refractivity contribution is 0.0930. The summed E-state index contributed by atoms with van der Waals surface area (Å²) in [5.41, 5.74) is 1.16. The molecule has 0 spiro atoms. The zero-order chi connectivity index (χ0) is 11.2. The molecule has 1 heterocycles. The fourth-order valence-corrected chi connectivity index (χ4v) is 2.31. The SMILES string of the molecule is CC(C)c1cc2c(o1)CC(C)(C)CC2O. The first-order valence-electron chi connectivity index (χ1n) is 5.69. The lowest BCUT2D eigenvalue weighted by Crippen LogP contribution is -2.24.